The Kier molecular flexibility index (Phi) is 3.17. The molecule has 0 spiro atoms. The van der Waals surface area contributed by atoms with Gasteiger partial charge in [0, 0.05) is 18.5 Å². The van der Waals surface area contributed by atoms with Gasteiger partial charge in [-0.1, -0.05) is 13.8 Å². The lowest BCUT2D eigenvalue weighted by Crippen LogP contribution is -2.47. The number of carbonyl (C=O) groups is 1. The zero-order chi connectivity index (χ0) is 10.0. The van der Waals surface area contributed by atoms with Crippen molar-refractivity contribution in [3.63, 3.8) is 0 Å². The lowest BCUT2D eigenvalue weighted by molar-refractivity contribution is 0.0192. The van der Waals surface area contributed by atoms with Crippen LogP contribution in [0.5, 0.6) is 0 Å². The van der Waals surface area contributed by atoms with Gasteiger partial charge in [-0.15, -0.1) is 0 Å². The largest absolute Gasteiger partial charge is 0.449 e. The third-order valence-electron chi connectivity index (χ3n) is 2.65. The minimum Gasteiger partial charge on any atom is -0.449 e. The van der Waals surface area contributed by atoms with Crippen LogP contribution >= 0.6 is 0 Å². The van der Waals surface area contributed by atoms with E-state index in [1.807, 2.05) is 13.8 Å². The van der Waals surface area contributed by atoms with Crippen LogP contribution in [0.15, 0.2) is 0 Å². The Labute approximate surface area is 80.1 Å². The lowest BCUT2D eigenvalue weighted by atomic mass is 9.95. The average Bonchev–Trinajstić information content (AvgIpc) is 2.04. The van der Waals surface area contributed by atoms with E-state index in [1.165, 1.54) is 0 Å². The van der Waals surface area contributed by atoms with Crippen LogP contribution in [0.4, 0.5) is 4.79 Å². The highest BCUT2D eigenvalue weighted by molar-refractivity contribution is 5.68. The Balaban J connectivity index is 2.58. The number of amides is 1. The van der Waals surface area contributed by atoms with E-state index >= 15 is 0 Å². The summed E-state index contributed by atoms with van der Waals surface area (Å²) in [6.07, 6.45) is -0.160. The van der Waals surface area contributed by atoms with Gasteiger partial charge in [0.1, 0.15) is 0 Å². The Morgan fingerprint density at radius 3 is 2.46 bits per heavy atom. The van der Waals surface area contributed by atoms with Crippen molar-refractivity contribution in [1.82, 2.24) is 4.90 Å². The molecule has 1 fully saturated rings. The maximum atomic E-state index is 11.3. The fourth-order valence-corrected chi connectivity index (χ4v) is 1.47. The molecule has 1 rings (SSSR count). The Bertz CT molecular complexity index is 189. The maximum Gasteiger partial charge on any atom is 0.410 e. The van der Waals surface area contributed by atoms with Gasteiger partial charge < -0.3 is 9.64 Å². The molecule has 0 aromatic carbocycles. The van der Waals surface area contributed by atoms with Gasteiger partial charge in [-0.3, -0.25) is 0 Å². The van der Waals surface area contributed by atoms with Crippen LogP contribution in [-0.4, -0.2) is 30.2 Å². The highest BCUT2D eigenvalue weighted by atomic mass is 16.6. The van der Waals surface area contributed by atoms with E-state index in [2.05, 4.69) is 13.8 Å². The molecule has 1 atom stereocenters. The van der Waals surface area contributed by atoms with Crippen LogP contribution in [0.25, 0.3) is 0 Å². The highest BCUT2D eigenvalue weighted by Crippen LogP contribution is 2.20. The molecule has 0 N–H and O–H groups in total. The first kappa shape index (κ1) is 10.4. The zero-order valence-electron chi connectivity index (χ0n) is 8.91. The van der Waals surface area contributed by atoms with Crippen molar-refractivity contribution >= 4 is 6.09 Å². The third kappa shape index (κ3) is 2.36. The number of carbonyl (C=O) groups excluding carboxylic acids is 1. The van der Waals surface area contributed by atoms with Crippen molar-refractivity contribution in [2.24, 2.45) is 11.8 Å². The molecule has 1 aliphatic heterocycles. The summed E-state index contributed by atoms with van der Waals surface area (Å²) in [6.45, 7) is 9.80. The third-order valence-corrected chi connectivity index (χ3v) is 2.65. The summed E-state index contributed by atoms with van der Waals surface area (Å²) in [6, 6.07) is 0.244. The van der Waals surface area contributed by atoms with Gasteiger partial charge in [0.25, 0.3) is 0 Å². The molecule has 3 heteroatoms. The standard InChI is InChI=1S/C10H19NO2/c1-7(2)9-5-11(8(3)4)10(12)13-6-9/h7-9H,5-6H2,1-4H3. The van der Waals surface area contributed by atoms with Gasteiger partial charge in [-0.2, -0.15) is 0 Å². The summed E-state index contributed by atoms with van der Waals surface area (Å²) in [7, 11) is 0. The van der Waals surface area contributed by atoms with Crippen LogP contribution in [0.1, 0.15) is 27.7 Å². The van der Waals surface area contributed by atoms with Gasteiger partial charge in [0.2, 0.25) is 0 Å². The first-order valence-electron chi connectivity index (χ1n) is 4.95. The van der Waals surface area contributed by atoms with E-state index < -0.39 is 0 Å². The number of rotatable bonds is 2. The molecule has 0 radical (unpaired) electrons. The summed E-state index contributed by atoms with van der Waals surface area (Å²) in [4.78, 5) is 13.1. The molecule has 3 nitrogen and oxygen atoms in total. The van der Waals surface area contributed by atoms with Crippen LogP contribution in [0, 0.1) is 11.8 Å². The van der Waals surface area contributed by atoms with Gasteiger partial charge in [0.05, 0.1) is 6.61 Å². The van der Waals surface area contributed by atoms with Crippen LogP contribution in [0.3, 0.4) is 0 Å². The predicted octanol–water partition coefficient (Wildman–Crippen LogP) is 2.12. The van der Waals surface area contributed by atoms with E-state index in [9.17, 15) is 4.79 Å². The van der Waals surface area contributed by atoms with Gasteiger partial charge in [-0.25, -0.2) is 4.79 Å². The van der Waals surface area contributed by atoms with Gasteiger partial charge in [0.15, 0.2) is 0 Å². The Morgan fingerprint density at radius 2 is 2.00 bits per heavy atom. The SMILES string of the molecule is CC(C)C1COC(=O)N(C(C)C)C1. The maximum absolute atomic E-state index is 11.3. The first-order valence-corrected chi connectivity index (χ1v) is 4.95. The normalized spacial score (nSPS) is 24.0. The van der Waals surface area contributed by atoms with Crippen molar-refractivity contribution < 1.29 is 9.53 Å². The monoisotopic (exact) mass is 185 g/mol. The van der Waals surface area contributed by atoms with Gasteiger partial charge >= 0.3 is 6.09 Å². The second-order valence-electron chi connectivity index (χ2n) is 4.33. The Hall–Kier alpha value is -0.730. The second kappa shape index (κ2) is 3.99. The molecule has 1 heterocycles. The summed E-state index contributed by atoms with van der Waals surface area (Å²) < 4.78 is 5.11. The molecule has 0 aromatic rings. The van der Waals surface area contributed by atoms with Crippen LogP contribution < -0.4 is 0 Å². The molecular weight excluding hydrogens is 166 g/mol. The molecule has 0 saturated carbocycles. The number of ether oxygens (including phenoxy) is 1. The van der Waals surface area contributed by atoms with E-state index in [4.69, 9.17) is 4.74 Å². The minimum atomic E-state index is -0.160. The molecule has 1 saturated heterocycles. The molecule has 0 aliphatic carbocycles. The van der Waals surface area contributed by atoms with Crippen LogP contribution in [-0.2, 0) is 4.74 Å². The number of nitrogens with zero attached hydrogens (tertiary/aromatic N) is 1. The number of hydrogen-bond acceptors (Lipinski definition) is 2. The summed E-state index contributed by atoms with van der Waals surface area (Å²) in [5, 5.41) is 0. The van der Waals surface area contributed by atoms with Crippen molar-refractivity contribution in [2.75, 3.05) is 13.2 Å². The summed E-state index contributed by atoms with van der Waals surface area (Å²) in [5.74, 6) is 1.06. The van der Waals surface area contributed by atoms with Crippen molar-refractivity contribution in [2.45, 2.75) is 33.7 Å². The predicted molar refractivity (Wildman–Crippen MR) is 51.5 cm³/mol. The van der Waals surface area contributed by atoms with E-state index in [0.717, 1.165) is 6.54 Å². The summed E-state index contributed by atoms with van der Waals surface area (Å²) >= 11 is 0. The molecule has 0 aromatic heterocycles. The Morgan fingerprint density at radius 1 is 1.38 bits per heavy atom. The van der Waals surface area contributed by atoms with Crippen molar-refractivity contribution in [1.29, 1.82) is 0 Å². The topological polar surface area (TPSA) is 29.5 Å². The van der Waals surface area contributed by atoms with Crippen LogP contribution in [0.2, 0.25) is 0 Å². The van der Waals surface area contributed by atoms with E-state index in [1.54, 1.807) is 4.90 Å². The minimum absolute atomic E-state index is 0.160. The molecule has 76 valence electrons. The number of cyclic esters (lactones) is 1. The van der Waals surface area contributed by atoms with Crippen molar-refractivity contribution in [3.05, 3.63) is 0 Å². The molecule has 1 unspecified atom stereocenters. The smallest absolute Gasteiger partial charge is 0.410 e. The average molecular weight is 185 g/mol. The zero-order valence-corrected chi connectivity index (χ0v) is 8.91. The van der Waals surface area contributed by atoms with Gasteiger partial charge in [-0.05, 0) is 19.8 Å². The van der Waals surface area contributed by atoms with E-state index in [-0.39, 0.29) is 12.1 Å². The molecule has 13 heavy (non-hydrogen) atoms. The molecule has 0 bridgehead atoms. The fraction of sp³-hybridized carbons (Fsp3) is 0.900. The fourth-order valence-electron chi connectivity index (χ4n) is 1.47. The molecular formula is C10H19NO2. The quantitative estimate of drug-likeness (QED) is 0.659. The lowest BCUT2D eigenvalue weighted by Gasteiger charge is -2.36. The molecule has 1 amide bonds. The van der Waals surface area contributed by atoms with Crippen molar-refractivity contribution in [3.8, 4) is 0 Å². The number of hydrogen-bond donors (Lipinski definition) is 0. The highest BCUT2D eigenvalue weighted by Gasteiger charge is 2.30. The van der Waals surface area contributed by atoms with E-state index in [0.29, 0.717) is 18.4 Å². The first-order chi connectivity index (χ1) is 6.02. The summed E-state index contributed by atoms with van der Waals surface area (Å²) in [5.41, 5.74) is 0. The second-order valence-corrected chi connectivity index (χ2v) is 4.33. The molecule has 1 aliphatic rings.